The fourth-order valence-electron chi connectivity index (χ4n) is 1.43. The third-order valence-electron chi connectivity index (χ3n) is 2.27. The third kappa shape index (κ3) is 3.28. The van der Waals surface area contributed by atoms with Crippen molar-refractivity contribution in [2.75, 3.05) is 0 Å². The fraction of sp³-hybridized carbons (Fsp3) is 0. The maximum absolute atomic E-state index is 7.57. The van der Waals surface area contributed by atoms with Gasteiger partial charge in [0.05, 0.1) is 0 Å². The van der Waals surface area contributed by atoms with Crippen LogP contribution in [-0.2, 0) is 0 Å². The number of halogens is 2. The third-order valence-corrected chi connectivity index (χ3v) is 4.12. The van der Waals surface area contributed by atoms with Crippen molar-refractivity contribution in [2.24, 2.45) is 5.73 Å². The van der Waals surface area contributed by atoms with Gasteiger partial charge in [0.1, 0.15) is 5.84 Å². The Morgan fingerprint density at radius 3 is 2.44 bits per heavy atom. The topological polar surface area (TPSA) is 49.9 Å². The van der Waals surface area contributed by atoms with Crippen LogP contribution in [0.25, 0.3) is 0 Å². The van der Waals surface area contributed by atoms with Gasteiger partial charge in [-0.25, -0.2) is 0 Å². The molecule has 0 aliphatic carbocycles. The smallest absolute Gasteiger partial charge is 0.123 e. The van der Waals surface area contributed by atoms with Crippen LogP contribution < -0.4 is 5.73 Å². The van der Waals surface area contributed by atoms with Crippen molar-refractivity contribution in [2.45, 2.75) is 9.79 Å². The summed E-state index contributed by atoms with van der Waals surface area (Å²) in [5.74, 6) is 0.0251. The lowest BCUT2D eigenvalue weighted by molar-refractivity contribution is 1.33. The van der Waals surface area contributed by atoms with E-state index < -0.39 is 0 Å². The summed E-state index contributed by atoms with van der Waals surface area (Å²) in [5.41, 5.74) is 6.23. The molecule has 0 bridgehead atoms. The van der Waals surface area contributed by atoms with E-state index in [4.69, 9.17) is 22.7 Å². The molecule has 0 atom stereocenters. The molecular weight excluding hydrogens is 332 g/mol. The quantitative estimate of drug-likeness (QED) is 0.636. The molecular formula is C13H10BrClN2S. The lowest BCUT2D eigenvalue weighted by Gasteiger charge is -2.08. The van der Waals surface area contributed by atoms with Gasteiger partial charge in [-0.15, -0.1) is 0 Å². The van der Waals surface area contributed by atoms with Crippen LogP contribution in [0.4, 0.5) is 0 Å². The number of rotatable bonds is 3. The zero-order chi connectivity index (χ0) is 13.1. The van der Waals surface area contributed by atoms with Crippen molar-refractivity contribution < 1.29 is 0 Å². The van der Waals surface area contributed by atoms with Crippen molar-refractivity contribution in [1.82, 2.24) is 0 Å². The monoisotopic (exact) mass is 340 g/mol. The van der Waals surface area contributed by atoms with E-state index in [1.54, 1.807) is 23.9 Å². The second-order valence-corrected chi connectivity index (χ2v) is 6.08. The summed E-state index contributed by atoms with van der Waals surface area (Å²) >= 11 is 10.9. The van der Waals surface area contributed by atoms with Gasteiger partial charge in [-0.1, -0.05) is 39.3 Å². The fourth-order valence-corrected chi connectivity index (χ4v) is 2.81. The summed E-state index contributed by atoms with van der Waals surface area (Å²) < 4.78 is 1.04. The van der Waals surface area contributed by atoms with Crippen LogP contribution in [0.2, 0.25) is 5.02 Å². The first-order chi connectivity index (χ1) is 8.56. The molecule has 0 spiro atoms. The van der Waals surface area contributed by atoms with Crippen molar-refractivity contribution in [1.29, 1.82) is 5.41 Å². The first-order valence-electron chi connectivity index (χ1n) is 5.13. The number of benzene rings is 2. The Kier molecular flexibility index (Phi) is 4.32. The number of amidine groups is 1. The van der Waals surface area contributed by atoms with Gasteiger partial charge < -0.3 is 5.73 Å². The first kappa shape index (κ1) is 13.5. The van der Waals surface area contributed by atoms with Crippen molar-refractivity contribution in [3.05, 3.63) is 57.5 Å². The number of nitrogens with two attached hydrogens (primary N) is 1. The Bertz CT molecular complexity index is 584. The zero-order valence-electron chi connectivity index (χ0n) is 9.28. The van der Waals surface area contributed by atoms with Crippen molar-refractivity contribution in [3.8, 4) is 0 Å². The summed E-state index contributed by atoms with van der Waals surface area (Å²) in [4.78, 5) is 2.01. The molecule has 5 heteroatoms. The summed E-state index contributed by atoms with van der Waals surface area (Å²) in [6.45, 7) is 0. The Balaban J connectivity index is 2.34. The van der Waals surface area contributed by atoms with Crippen LogP contribution in [0.5, 0.6) is 0 Å². The highest BCUT2D eigenvalue weighted by Crippen LogP contribution is 2.32. The van der Waals surface area contributed by atoms with Crippen LogP contribution in [0.15, 0.2) is 56.7 Å². The Morgan fingerprint density at radius 1 is 1.17 bits per heavy atom. The molecule has 92 valence electrons. The van der Waals surface area contributed by atoms with Crippen molar-refractivity contribution in [3.63, 3.8) is 0 Å². The molecule has 2 aromatic rings. The predicted molar refractivity (Wildman–Crippen MR) is 80.7 cm³/mol. The summed E-state index contributed by atoms with van der Waals surface area (Å²) in [7, 11) is 0. The average Bonchev–Trinajstić information content (AvgIpc) is 2.34. The maximum atomic E-state index is 7.57. The van der Waals surface area contributed by atoms with Gasteiger partial charge in [0, 0.05) is 24.8 Å². The van der Waals surface area contributed by atoms with E-state index >= 15 is 0 Å². The largest absolute Gasteiger partial charge is 0.384 e. The molecule has 0 amide bonds. The minimum atomic E-state index is 0.0251. The molecule has 0 radical (unpaired) electrons. The lowest BCUT2D eigenvalue weighted by atomic mass is 10.2. The average molecular weight is 342 g/mol. The van der Waals surface area contributed by atoms with Gasteiger partial charge in [0.2, 0.25) is 0 Å². The number of hydrogen-bond acceptors (Lipinski definition) is 2. The van der Waals surface area contributed by atoms with E-state index in [1.165, 1.54) is 0 Å². The van der Waals surface area contributed by atoms with Crippen LogP contribution in [-0.4, -0.2) is 5.84 Å². The number of nitrogens with one attached hydrogen (secondary N) is 1. The molecule has 0 heterocycles. The van der Waals surface area contributed by atoms with Gasteiger partial charge in [-0.2, -0.15) is 0 Å². The van der Waals surface area contributed by atoms with Crippen molar-refractivity contribution >= 4 is 45.1 Å². The van der Waals surface area contributed by atoms with E-state index in [1.807, 2.05) is 30.3 Å². The molecule has 0 saturated carbocycles. The number of nitrogen functional groups attached to an aromatic ring is 1. The van der Waals surface area contributed by atoms with Gasteiger partial charge in [0.25, 0.3) is 0 Å². The summed E-state index contributed by atoms with van der Waals surface area (Å²) in [5, 5.41) is 8.15. The molecule has 0 unspecified atom stereocenters. The molecule has 3 N–H and O–H groups in total. The predicted octanol–water partition coefficient (Wildman–Crippen LogP) is 4.54. The summed E-state index contributed by atoms with van der Waals surface area (Å²) in [6.07, 6.45) is 0. The molecule has 2 aromatic carbocycles. The molecule has 0 saturated heterocycles. The zero-order valence-corrected chi connectivity index (χ0v) is 12.4. The molecule has 2 rings (SSSR count). The van der Waals surface area contributed by atoms with Crippen LogP contribution in [0, 0.1) is 5.41 Å². The minimum Gasteiger partial charge on any atom is -0.384 e. The molecule has 0 aromatic heterocycles. The minimum absolute atomic E-state index is 0.0251. The number of hydrogen-bond donors (Lipinski definition) is 2. The van der Waals surface area contributed by atoms with Crippen LogP contribution in [0.1, 0.15) is 5.56 Å². The SMILES string of the molecule is N=C(N)c1cc(Cl)ccc1Sc1ccc(Br)cc1. The van der Waals surface area contributed by atoms with Crippen LogP contribution >= 0.6 is 39.3 Å². The second kappa shape index (κ2) is 5.78. The Morgan fingerprint density at radius 2 is 1.83 bits per heavy atom. The van der Waals surface area contributed by atoms with Gasteiger partial charge in [-0.05, 0) is 42.5 Å². The van der Waals surface area contributed by atoms with Gasteiger partial charge in [0.15, 0.2) is 0 Å². The van der Waals surface area contributed by atoms with E-state index in [-0.39, 0.29) is 5.84 Å². The Labute approximate surface area is 123 Å². The van der Waals surface area contributed by atoms with Gasteiger partial charge in [-0.3, -0.25) is 5.41 Å². The highest BCUT2D eigenvalue weighted by atomic mass is 79.9. The maximum Gasteiger partial charge on any atom is 0.123 e. The van der Waals surface area contributed by atoms with E-state index in [2.05, 4.69) is 15.9 Å². The standard InChI is InChI=1S/C13H10BrClN2S/c14-8-1-4-10(5-2-8)18-12-6-3-9(15)7-11(12)13(16)17/h1-7H,(H3,16,17). The first-order valence-corrected chi connectivity index (χ1v) is 7.12. The van der Waals surface area contributed by atoms with Crippen LogP contribution in [0.3, 0.4) is 0 Å². The molecule has 0 aliphatic rings. The lowest BCUT2D eigenvalue weighted by Crippen LogP contribution is -2.12. The normalized spacial score (nSPS) is 10.3. The Hall–Kier alpha value is -0.970. The summed E-state index contributed by atoms with van der Waals surface area (Å²) in [6, 6.07) is 13.4. The highest BCUT2D eigenvalue weighted by molar-refractivity contribution is 9.10. The van der Waals surface area contributed by atoms with E-state index in [0.717, 1.165) is 14.3 Å². The van der Waals surface area contributed by atoms with E-state index in [9.17, 15) is 0 Å². The highest BCUT2D eigenvalue weighted by Gasteiger charge is 2.08. The molecule has 0 aliphatic heterocycles. The van der Waals surface area contributed by atoms with Gasteiger partial charge >= 0.3 is 0 Å². The second-order valence-electron chi connectivity index (χ2n) is 3.61. The molecule has 2 nitrogen and oxygen atoms in total. The molecule has 0 fully saturated rings. The molecule has 18 heavy (non-hydrogen) atoms. The van der Waals surface area contributed by atoms with E-state index in [0.29, 0.717) is 10.6 Å².